The Balaban J connectivity index is 1.50. The van der Waals surface area contributed by atoms with Gasteiger partial charge in [0.15, 0.2) is 11.3 Å². The van der Waals surface area contributed by atoms with Gasteiger partial charge in [-0.25, -0.2) is 9.78 Å². The fourth-order valence-electron chi connectivity index (χ4n) is 2.40. The molecule has 1 aliphatic heterocycles. The third-order valence-electron chi connectivity index (χ3n) is 3.59. The minimum absolute atomic E-state index is 0.256. The van der Waals surface area contributed by atoms with E-state index in [1.165, 1.54) is 0 Å². The standard InChI is InChI=1S/C16H17N3O3S/c1-19-8-6-18-16(19)23-9-7-17-14(20)13-10-11-4-2-3-5-12(11)15(21)22-13/h2-6,8,13H,7,9-10H2,1H3,(H,17,20)/t13-/m0/s1. The topological polar surface area (TPSA) is 73.2 Å². The number of hydrogen-bond acceptors (Lipinski definition) is 5. The number of fused-ring (bicyclic) bond motifs is 1. The molecule has 1 aliphatic rings. The number of thioether (sulfide) groups is 1. The molecule has 3 rings (SSSR count). The van der Waals surface area contributed by atoms with E-state index in [2.05, 4.69) is 10.3 Å². The molecule has 7 heteroatoms. The Hall–Kier alpha value is -2.28. The van der Waals surface area contributed by atoms with E-state index in [1.54, 1.807) is 30.1 Å². The van der Waals surface area contributed by atoms with Crippen molar-refractivity contribution >= 4 is 23.6 Å². The molecule has 1 aromatic carbocycles. The SMILES string of the molecule is Cn1ccnc1SCCNC(=O)[C@@H]1Cc2ccccc2C(=O)O1. The summed E-state index contributed by atoms with van der Waals surface area (Å²) in [7, 11) is 1.92. The number of esters is 1. The van der Waals surface area contributed by atoms with Gasteiger partial charge in [0.1, 0.15) is 0 Å². The first-order valence-corrected chi connectivity index (χ1v) is 8.30. The van der Waals surface area contributed by atoms with Crippen molar-refractivity contribution in [1.82, 2.24) is 14.9 Å². The van der Waals surface area contributed by atoms with Gasteiger partial charge in [0, 0.05) is 38.2 Å². The molecule has 2 heterocycles. The lowest BCUT2D eigenvalue weighted by Gasteiger charge is -2.23. The Labute approximate surface area is 138 Å². The Morgan fingerprint density at radius 1 is 1.48 bits per heavy atom. The number of benzene rings is 1. The molecule has 0 saturated heterocycles. The van der Waals surface area contributed by atoms with Gasteiger partial charge in [-0.2, -0.15) is 0 Å². The molecule has 1 amide bonds. The summed E-state index contributed by atoms with van der Waals surface area (Å²) in [5, 5.41) is 3.71. The average Bonchev–Trinajstić information content (AvgIpc) is 2.96. The van der Waals surface area contributed by atoms with E-state index in [1.807, 2.05) is 29.9 Å². The van der Waals surface area contributed by atoms with E-state index >= 15 is 0 Å². The molecule has 0 fully saturated rings. The highest BCUT2D eigenvalue weighted by atomic mass is 32.2. The summed E-state index contributed by atoms with van der Waals surface area (Å²) in [5.74, 6) is 0.0103. The minimum Gasteiger partial charge on any atom is -0.448 e. The molecule has 1 atom stereocenters. The maximum Gasteiger partial charge on any atom is 0.339 e. The fourth-order valence-corrected chi connectivity index (χ4v) is 3.19. The lowest BCUT2D eigenvalue weighted by molar-refractivity contribution is -0.130. The number of imidazole rings is 1. The molecule has 0 aliphatic carbocycles. The van der Waals surface area contributed by atoms with E-state index in [9.17, 15) is 9.59 Å². The van der Waals surface area contributed by atoms with Gasteiger partial charge in [0.05, 0.1) is 5.56 Å². The summed E-state index contributed by atoms with van der Waals surface area (Å²) in [4.78, 5) is 28.3. The largest absolute Gasteiger partial charge is 0.448 e. The van der Waals surface area contributed by atoms with Gasteiger partial charge in [-0.15, -0.1) is 0 Å². The smallest absolute Gasteiger partial charge is 0.339 e. The zero-order valence-electron chi connectivity index (χ0n) is 12.7. The second kappa shape index (κ2) is 6.87. The Bertz CT molecular complexity index is 729. The van der Waals surface area contributed by atoms with Crippen molar-refractivity contribution in [3.63, 3.8) is 0 Å². The molecule has 120 valence electrons. The first-order valence-electron chi connectivity index (χ1n) is 7.32. The molecule has 0 radical (unpaired) electrons. The van der Waals surface area contributed by atoms with E-state index in [0.717, 1.165) is 10.7 Å². The van der Waals surface area contributed by atoms with Crippen LogP contribution in [0.4, 0.5) is 0 Å². The number of aromatic nitrogens is 2. The average molecular weight is 331 g/mol. The van der Waals surface area contributed by atoms with Gasteiger partial charge < -0.3 is 14.6 Å². The number of carbonyl (C=O) groups excluding carboxylic acids is 2. The number of nitrogens with zero attached hydrogens (tertiary/aromatic N) is 2. The van der Waals surface area contributed by atoms with Crippen molar-refractivity contribution in [2.45, 2.75) is 17.7 Å². The van der Waals surface area contributed by atoms with Gasteiger partial charge in [-0.05, 0) is 11.6 Å². The van der Waals surface area contributed by atoms with Crippen LogP contribution in [0.15, 0.2) is 41.8 Å². The monoisotopic (exact) mass is 331 g/mol. The Kier molecular flexibility index (Phi) is 4.66. The van der Waals surface area contributed by atoms with Crippen molar-refractivity contribution in [3.8, 4) is 0 Å². The molecule has 2 aromatic rings. The molecule has 0 spiro atoms. The highest BCUT2D eigenvalue weighted by Gasteiger charge is 2.30. The second-order valence-electron chi connectivity index (χ2n) is 5.22. The number of rotatable bonds is 5. The zero-order chi connectivity index (χ0) is 16.2. The van der Waals surface area contributed by atoms with Crippen molar-refractivity contribution in [3.05, 3.63) is 47.8 Å². The van der Waals surface area contributed by atoms with Crippen LogP contribution in [0.2, 0.25) is 0 Å². The molecule has 0 bridgehead atoms. The second-order valence-corrected chi connectivity index (χ2v) is 6.28. The van der Waals surface area contributed by atoms with Crippen LogP contribution in [0, 0.1) is 0 Å². The van der Waals surface area contributed by atoms with E-state index in [4.69, 9.17) is 4.74 Å². The number of ether oxygens (including phenoxy) is 1. The van der Waals surface area contributed by atoms with Crippen LogP contribution < -0.4 is 5.32 Å². The molecule has 0 saturated carbocycles. The Morgan fingerprint density at radius 3 is 3.09 bits per heavy atom. The summed E-state index contributed by atoms with van der Waals surface area (Å²) in [6, 6.07) is 7.22. The summed E-state index contributed by atoms with van der Waals surface area (Å²) in [6.07, 6.45) is 3.27. The molecule has 1 N–H and O–H groups in total. The van der Waals surface area contributed by atoms with Crippen molar-refractivity contribution in [2.75, 3.05) is 12.3 Å². The number of amides is 1. The van der Waals surface area contributed by atoms with E-state index < -0.39 is 12.1 Å². The van der Waals surface area contributed by atoms with Gasteiger partial charge in [-0.1, -0.05) is 30.0 Å². The summed E-state index contributed by atoms with van der Waals surface area (Å²) < 4.78 is 7.15. The number of hydrogen-bond donors (Lipinski definition) is 1. The predicted octanol–water partition coefficient (Wildman–Crippen LogP) is 1.41. The number of aryl methyl sites for hydroxylation is 1. The van der Waals surface area contributed by atoms with E-state index in [-0.39, 0.29) is 5.91 Å². The van der Waals surface area contributed by atoms with Crippen LogP contribution in [-0.4, -0.2) is 39.8 Å². The zero-order valence-corrected chi connectivity index (χ0v) is 13.5. The number of nitrogens with one attached hydrogen (secondary N) is 1. The molecule has 0 unspecified atom stereocenters. The molecular weight excluding hydrogens is 314 g/mol. The minimum atomic E-state index is -0.754. The summed E-state index contributed by atoms with van der Waals surface area (Å²) in [5.41, 5.74) is 1.40. The highest BCUT2D eigenvalue weighted by Crippen LogP contribution is 2.20. The van der Waals surface area contributed by atoms with Crippen molar-refractivity contribution < 1.29 is 14.3 Å². The quantitative estimate of drug-likeness (QED) is 0.509. The molecular formula is C16H17N3O3S. The maximum atomic E-state index is 12.2. The van der Waals surface area contributed by atoms with Gasteiger partial charge >= 0.3 is 5.97 Å². The highest BCUT2D eigenvalue weighted by molar-refractivity contribution is 7.99. The van der Waals surface area contributed by atoms with Gasteiger partial charge in [0.2, 0.25) is 0 Å². The molecule has 1 aromatic heterocycles. The number of cyclic esters (lactones) is 1. The number of carbonyl (C=O) groups is 2. The van der Waals surface area contributed by atoms with Crippen LogP contribution in [0.25, 0.3) is 0 Å². The van der Waals surface area contributed by atoms with Crippen LogP contribution >= 0.6 is 11.8 Å². The van der Waals surface area contributed by atoms with Gasteiger partial charge in [-0.3, -0.25) is 4.79 Å². The van der Waals surface area contributed by atoms with Crippen LogP contribution in [0.5, 0.6) is 0 Å². The van der Waals surface area contributed by atoms with E-state index in [0.29, 0.717) is 24.3 Å². The fraction of sp³-hybridized carbons (Fsp3) is 0.312. The lowest BCUT2D eigenvalue weighted by Crippen LogP contribution is -2.42. The molecule has 23 heavy (non-hydrogen) atoms. The summed E-state index contributed by atoms with van der Waals surface area (Å²) >= 11 is 1.56. The van der Waals surface area contributed by atoms with Crippen LogP contribution in [0.3, 0.4) is 0 Å². The van der Waals surface area contributed by atoms with Crippen molar-refractivity contribution in [2.24, 2.45) is 7.05 Å². The maximum absolute atomic E-state index is 12.2. The van der Waals surface area contributed by atoms with Crippen LogP contribution in [0.1, 0.15) is 15.9 Å². The summed E-state index contributed by atoms with van der Waals surface area (Å²) in [6.45, 7) is 0.492. The first kappa shape index (κ1) is 15.6. The predicted molar refractivity (Wildman–Crippen MR) is 86.3 cm³/mol. The van der Waals surface area contributed by atoms with Crippen molar-refractivity contribution in [1.29, 1.82) is 0 Å². The first-order chi connectivity index (χ1) is 11.1. The normalized spacial score (nSPS) is 16.6. The van der Waals surface area contributed by atoms with Crippen LogP contribution in [-0.2, 0) is 23.0 Å². The third-order valence-corrected chi connectivity index (χ3v) is 4.65. The third kappa shape index (κ3) is 3.56. The lowest BCUT2D eigenvalue weighted by atomic mass is 9.98. The Morgan fingerprint density at radius 2 is 2.30 bits per heavy atom. The van der Waals surface area contributed by atoms with Gasteiger partial charge in [0.25, 0.3) is 5.91 Å². The molecule has 6 nitrogen and oxygen atoms in total.